The number of methoxy groups -OCH3 is 1. The van der Waals surface area contributed by atoms with Crippen LogP contribution in [0.25, 0.3) is 11.1 Å². The highest BCUT2D eigenvalue weighted by Crippen LogP contribution is 2.32. The first kappa shape index (κ1) is 15.7. The lowest BCUT2D eigenvalue weighted by Crippen LogP contribution is -2.25. The molecule has 0 bridgehead atoms. The summed E-state index contributed by atoms with van der Waals surface area (Å²) in [5, 5.41) is 10.4. The van der Waals surface area contributed by atoms with Crippen molar-refractivity contribution in [1.82, 2.24) is 4.98 Å². The highest BCUT2D eigenvalue weighted by atomic mass is 16.5. The van der Waals surface area contributed by atoms with Gasteiger partial charge in [0, 0.05) is 29.4 Å². The van der Waals surface area contributed by atoms with Crippen molar-refractivity contribution in [1.29, 1.82) is 5.41 Å². The smallest absolute Gasteiger partial charge is 0.232 e. The molecule has 2 N–H and O–H groups in total. The zero-order valence-electron chi connectivity index (χ0n) is 12.9. The topological polar surface area (TPSA) is 75.1 Å². The van der Waals surface area contributed by atoms with E-state index in [4.69, 9.17) is 10.1 Å². The molecule has 22 heavy (non-hydrogen) atoms. The van der Waals surface area contributed by atoms with Gasteiger partial charge in [0.15, 0.2) is 0 Å². The predicted molar refractivity (Wildman–Crippen MR) is 87.4 cm³/mol. The highest BCUT2D eigenvalue weighted by Gasteiger charge is 2.16. The van der Waals surface area contributed by atoms with Crippen molar-refractivity contribution in [3.8, 4) is 16.9 Å². The monoisotopic (exact) mass is 297 g/mol. The van der Waals surface area contributed by atoms with E-state index in [1.807, 2.05) is 24.3 Å². The third kappa shape index (κ3) is 3.49. The second kappa shape index (κ2) is 6.85. The molecule has 1 aromatic heterocycles. The van der Waals surface area contributed by atoms with Crippen LogP contribution in [0.2, 0.25) is 0 Å². The SMILES string of the molecule is COc1ccc(NC(=O)C(C)C(C)=N)cc1-c1ccncc1. The number of benzene rings is 1. The van der Waals surface area contributed by atoms with Crippen LogP contribution in [-0.4, -0.2) is 23.7 Å². The number of pyridine rings is 1. The maximum atomic E-state index is 12.1. The van der Waals surface area contributed by atoms with Gasteiger partial charge in [0.05, 0.1) is 13.0 Å². The number of aromatic nitrogens is 1. The number of nitrogens with zero attached hydrogens (tertiary/aromatic N) is 1. The zero-order valence-corrected chi connectivity index (χ0v) is 12.9. The zero-order chi connectivity index (χ0) is 16.1. The van der Waals surface area contributed by atoms with Gasteiger partial charge in [0.25, 0.3) is 0 Å². The number of anilines is 1. The molecule has 1 atom stereocenters. The minimum atomic E-state index is -0.452. The summed E-state index contributed by atoms with van der Waals surface area (Å²) in [6, 6.07) is 9.22. The largest absolute Gasteiger partial charge is 0.496 e. The Morgan fingerprint density at radius 1 is 1.27 bits per heavy atom. The molecule has 2 aromatic rings. The second-order valence-corrected chi connectivity index (χ2v) is 5.04. The van der Waals surface area contributed by atoms with E-state index in [1.54, 1.807) is 39.4 Å². The first-order valence-electron chi connectivity index (χ1n) is 6.97. The van der Waals surface area contributed by atoms with Crippen LogP contribution in [0.3, 0.4) is 0 Å². The van der Waals surface area contributed by atoms with Crippen LogP contribution in [0.15, 0.2) is 42.7 Å². The molecule has 1 unspecified atom stereocenters. The molecule has 0 radical (unpaired) electrons. The lowest BCUT2D eigenvalue weighted by atomic mass is 10.0. The van der Waals surface area contributed by atoms with Gasteiger partial charge in [-0.1, -0.05) is 0 Å². The molecule has 5 nitrogen and oxygen atoms in total. The molecule has 1 aromatic carbocycles. The predicted octanol–water partition coefficient (Wildman–Crippen LogP) is 3.37. The molecule has 0 aliphatic carbocycles. The summed E-state index contributed by atoms with van der Waals surface area (Å²) in [4.78, 5) is 16.1. The van der Waals surface area contributed by atoms with E-state index in [-0.39, 0.29) is 5.91 Å². The molecule has 0 fully saturated rings. The van der Waals surface area contributed by atoms with Crippen LogP contribution in [-0.2, 0) is 4.79 Å². The maximum absolute atomic E-state index is 12.1. The van der Waals surface area contributed by atoms with E-state index in [0.29, 0.717) is 11.4 Å². The van der Waals surface area contributed by atoms with Crippen molar-refractivity contribution in [3.63, 3.8) is 0 Å². The van der Waals surface area contributed by atoms with Crippen LogP contribution in [0.1, 0.15) is 13.8 Å². The molecule has 114 valence electrons. The van der Waals surface area contributed by atoms with Crippen molar-refractivity contribution < 1.29 is 9.53 Å². The van der Waals surface area contributed by atoms with Crippen LogP contribution in [0, 0.1) is 11.3 Å². The van der Waals surface area contributed by atoms with Gasteiger partial charge in [-0.05, 0) is 49.7 Å². The molecule has 1 heterocycles. The molecular weight excluding hydrogens is 278 g/mol. The number of nitrogens with one attached hydrogen (secondary N) is 2. The summed E-state index contributed by atoms with van der Waals surface area (Å²) in [5.74, 6) is 0.0744. The van der Waals surface area contributed by atoms with E-state index in [1.165, 1.54) is 0 Å². The molecule has 0 saturated heterocycles. The third-order valence-corrected chi connectivity index (χ3v) is 3.50. The second-order valence-electron chi connectivity index (χ2n) is 5.04. The summed E-state index contributed by atoms with van der Waals surface area (Å²) in [7, 11) is 1.61. The number of hydrogen-bond donors (Lipinski definition) is 2. The lowest BCUT2D eigenvalue weighted by Gasteiger charge is -2.14. The van der Waals surface area contributed by atoms with Gasteiger partial charge < -0.3 is 15.5 Å². The van der Waals surface area contributed by atoms with Crippen molar-refractivity contribution in [3.05, 3.63) is 42.7 Å². The number of hydrogen-bond acceptors (Lipinski definition) is 4. The lowest BCUT2D eigenvalue weighted by molar-refractivity contribution is -0.117. The summed E-state index contributed by atoms with van der Waals surface area (Å²) in [6.07, 6.45) is 3.42. The molecule has 5 heteroatoms. The van der Waals surface area contributed by atoms with E-state index >= 15 is 0 Å². The van der Waals surface area contributed by atoms with Crippen molar-refractivity contribution >= 4 is 17.3 Å². The molecular formula is C17H19N3O2. The summed E-state index contributed by atoms with van der Waals surface area (Å²) in [6.45, 7) is 3.34. The molecule has 0 aliphatic rings. The fourth-order valence-corrected chi connectivity index (χ4v) is 1.99. The average Bonchev–Trinajstić information content (AvgIpc) is 2.54. The Hall–Kier alpha value is -2.69. The Morgan fingerprint density at radius 3 is 2.55 bits per heavy atom. The fraction of sp³-hybridized carbons (Fsp3) is 0.235. The number of rotatable bonds is 5. The number of carbonyl (C=O) groups is 1. The van der Waals surface area contributed by atoms with Crippen molar-refractivity contribution in [2.24, 2.45) is 5.92 Å². The van der Waals surface area contributed by atoms with Crippen LogP contribution >= 0.6 is 0 Å². The number of carbonyl (C=O) groups excluding carboxylic acids is 1. The van der Waals surface area contributed by atoms with Gasteiger partial charge >= 0.3 is 0 Å². The van der Waals surface area contributed by atoms with E-state index in [2.05, 4.69) is 10.3 Å². The van der Waals surface area contributed by atoms with Gasteiger partial charge in [-0.15, -0.1) is 0 Å². The number of amides is 1. The van der Waals surface area contributed by atoms with Crippen LogP contribution in [0.5, 0.6) is 5.75 Å². The van der Waals surface area contributed by atoms with Crippen LogP contribution in [0.4, 0.5) is 5.69 Å². The summed E-state index contributed by atoms with van der Waals surface area (Å²) < 4.78 is 5.38. The Balaban J connectivity index is 2.32. The van der Waals surface area contributed by atoms with Crippen molar-refractivity contribution in [2.75, 3.05) is 12.4 Å². The first-order chi connectivity index (χ1) is 10.5. The highest BCUT2D eigenvalue weighted by molar-refractivity contribution is 6.07. The van der Waals surface area contributed by atoms with Gasteiger partial charge in [-0.2, -0.15) is 0 Å². The first-order valence-corrected chi connectivity index (χ1v) is 6.97. The normalized spacial score (nSPS) is 11.6. The van der Waals surface area contributed by atoms with Gasteiger partial charge in [0.1, 0.15) is 5.75 Å². The van der Waals surface area contributed by atoms with Gasteiger partial charge in [0.2, 0.25) is 5.91 Å². The molecule has 1 amide bonds. The van der Waals surface area contributed by atoms with E-state index in [0.717, 1.165) is 16.9 Å². The van der Waals surface area contributed by atoms with Gasteiger partial charge in [-0.25, -0.2) is 0 Å². The minimum absolute atomic E-state index is 0.196. The third-order valence-electron chi connectivity index (χ3n) is 3.50. The standard InChI is InChI=1S/C17H19N3O2/c1-11(12(2)18)17(21)20-14-4-5-16(22-3)15(10-14)13-6-8-19-9-7-13/h4-11,18H,1-3H3,(H,20,21). The summed E-state index contributed by atoms with van der Waals surface area (Å²) >= 11 is 0. The summed E-state index contributed by atoms with van der Waals surface area (Å²) in [5.41, 5.74) is 2.84. The Kier molecular flexibility index (Phi) is 4.88. The van der Waals surface area contributed by atoms with E-state index in [9.17, 15) is 4.79 Å². The Morgan fingerprint density at radius 2 is 1.95 bits per heavy atom. The number of ether oxygens (including phenoxy) is 1. The molecule has 0 saturated carbocycles. The molecule has 0 aliphatic heterocycles. The van der Waals surface area contributed by atoms with Gasteiger partial charge in [-0.3, -0.25) is 9.78 Å². The quantitative estimate of drug-likeness (QED) is 0.831. The molecule has 0 spiro atoms. The van der Waals surface area contributed by atoms with E-state index < -0.39 is 5.92 Å². The molecule has 2 rings (SSSR count). The van der Waals surface area contributed by atoms with Crippen molar-refractivity contribution in [2.45, 2.75) is 13.8 Å². The fourth-order valence-electron chi connectivity index (χ4n) is 1.99. The average molecular weight is 297 g/mol. The Bertz CT molecular complexity index is 684. The minimum Gasteiger partial charge on any atom is -0.496 e. The Labute approximate surface area is 129 Å². The van der Waals surface area contributed by atoms with Crippen LogP contribution < -0.4 is 10.1 Å². The maximum Gasteiger partial charge on any atom is 0.232 e.